The highest BCUT2D eigenvalue weighted by molar-refractivity contribution is 5.28. The zero-order valence-electron chi connectivity index (χ0n) is 10.2. The summed E-state index contributed by atoms with van der Waals surface area (Å²) in [4.78, 5) is 4.17. The second-order valence-corrected chi connectivity index (χ2v) is 3.90. The third-order valence-electron chi connectivity index (χ3n) is 2.67. The molecule has 1 aromatic rings. The summed E-state index contributed by atoms with van der Waals surface area (Å²) in [5, 5.41) is 3.38. The van der Waals surface area contributed by atoms with E-state index in [1.807, 2.05) is 12.1 Å². The first kappa shape index (κ1) is 12.9. The summed E-state index contributed by atoms with van der Waals surface area (Å²) in [6.45, 7) is 4.97. The summed E-state index contributed by atoms with van der Waals surface area (Å²) in [5.41, 5.74) is 6.92. The van der Waals surface area contributed by atoms with Crippen molar-refractivity contribution < 1.29 is 4.74 Å². The van der Waals surface area contributed by atoms with Crippen LogP contribution >= 0.6 is 0 Å². The van der Waals surface area contributed by atoms with Crippen LogP contribution in [-0.4, -0.2) is 24.7 Å². The minimum Gasteiger partial charge on any atom is -0.481 e. The average Bonchev–Trinajstić information content (AvgIpc) is 2.35. The summed E-state index contributed by atoms with van der Waals surface area (Å²) in [7, 11) is 1.64. The van der Waals surface area contributed by atoms with Crippen LogP contribution in [-0.2, 0) is 0 Å². The van der Waals surface area contributed by atoms with Crippen LogP contribution in [0.5, 0.6) is 5.88 Å². The van der Waals surface area contributed by atoms with Crippen molar-refractivity contribution in [2.75, 3.05) is 13.7 Å². The number of pyridine rings is 1. The summed E-state index contributed by atoms with van der Waals surface area (Å²) in [6.07, 6.45) is 2.71. The lowest BCUT2D eigenvalue weighted by molar-refractivity contribution is 0.383. The first-order valence-electron chi connectivity index (χ1n) is 5.66. The molecule has 1 aromatic heterocycles. The third kappa shape index (κ3) is 3.47. The molecule has 1 heterocycles. The van der Waals surface area contributed by atoms with Gasteiger partial charge in [-0.1, -0.05) is 13.0 Å². The maximum Gasteiger partial charge on any atom is 0.217 e. The predicted octanol–water partition coefficient (Wildman–Crippen LogP) is 1.48. The van der Waals surface area contributed by atoms with Gasteiger partial charge in [0.1, 0.15) is 0 Å². The van der Waals surface area contributed by atoms with Gasteiger partial charge in [-0.3, -0.25) is 0 Å². The number of hydrogen-bond acceptors (Lipinski definition) is 4. The van der Waals surface area contributed by atoms with Crippen molar-refractivity contribution in [2.24, 2.45) is 5.73 Å². The van der Waals surface area contributed by atoms with Gasteiger partial charge in [0.15, 0.2) is 0 Å². The Kier molecular flexibility index (Phi) is 5.22. The van der Waals surface area contributed by atoms with Gasteiger partial charge in [-0.2, -0.15) is 0 Å². The first-order valence-corrected chi connectivity index (χ1v) is 5.66. The molecule has 0 radical (unpaired) electrons. The lowest BCUT2D eigenvalue weighted by Crippen LogP contribution is -2.34. The average molecular weight is 223 g/mol. The van der Waals surface area contributed by atoms with E-state index < -0.39 is 0 Å². The summed E-state index contributed by atoms with van der Waals surface area (Å²) in [5.74, 6) is 0.674. The summed E-state index contributed by atoms with van der Waals surface area (Å²) < 4.78 is 5.22. The van der Waals surface area contributed by atoms with E-state index in [1.54, 1.807) is 13.3 Å². The molecule has 0 aliphatic carbocycles. The Labute approximate surface area is 97.2 Å². The smallest absolute Gasteiger partial charge is 0.217 e. The number of hydrogen-bond donors (Lipinski definition) is 2. The van der Waals surface area contributed by atoms with E-state index >= 15 is 0 Å². The van der Waals surface area contributed by atoms with Crippen LogP contribution in [0.15, 0.2) is 18.3 Å². The van der Waals surface area contributed by atoms with Crippen LogP contribution in [0.4, 0.5) is 0 Å². The molecule has 0 aliphatic heterocycles. The van der Waals surface area contributed by atoms with Crippen molar-refractivity contribution in [3.8, 4) is 5.88 Å². The highest BCUT2D eigenvalue weighted by atomic mass is 16.5. The molecule has 0 spiro atoms. The first-order chi connectivity index (χ1) is 7.69. The van der Waals surface area contributed by atoms with Crippen LogP contribution in [0, 0.1) is 0 Å². The molecular weight excluding hydrogens is 202 g/mol. The fraction of sp³-hybridized carbons (Fsp3) is 0.583. The van der Waals surface area contributed by atoms with Crippen LogP contribution in [0.1, 0.15) is 31.9 Å². The third-order valence-corrected chi connectivity index (χ3v) is 2.67. The van der Waals surface area contributed by atoms with E-state index in [2.05, 4.69) is 24.1 Å². The Morgan fingerprint density at radius 3 is 2.94 bits per heavy atom. The molecule has 0 aromatic carbocycles. The van der Waals surface area contributed by atoms with Crippen molar-refractivity contribution in [3.63, 3.8) is 0 Å². The topological polar surface area (TPSA) is 60.2 Å². The summed E-state index contributed by atoms with van der Waals surface area (Å²) in [6, 6.07) is 4.32. The fourth-order valence-electron chi connectivity index (χ4n) is 1.49. The zero-order valence-corrected chi connectivity index (χ0v) is 10.2. The van der Waals surface area contributed by atoms with Gasteiger partial charge in [-0.15, -0.1) is 0 Å². The molecule has 0 amide bonds. The second-order valence-electron chi connectivity index (χ2n) is 3.90. The molecule has 0 fully saturated rings. The standard InChI is InChI=1S/C12H21N3O/c1-4-10(13)8-15-9(2)11-6-5-7-14-12(11)16-3/h5-7,9-10,15H,4,8,13H2,1-3H3. The Morgan fingerprint density at radius 1 is 1.56 bits per heavy atom. The molecular formula is C12H21N3O. The Morgan fingerprint density at radius 2 is 2.31 bits per heavy atom. The van der Waals surface area contributed by atoms with Gasteiger partial charge in [0.05, 0.1) is 7.11 Å². The molecule has 4 nitrogen and oxygen atoms in total. The van der Waals surface area contributed by atoms with Crippen molar-refractivity contribution in [1.82, 2.24) is 10.3 Å². The molecule has 2 atom stereocenters. The molecule has 0 bridgehead atoms. The zero-order chi connectivity index (χ0) is 12.0. The van der Waals surface area contributed by atoms with E-state index in [-0.39, 0.29) is 12.1 Å². The number of nitrogens with two attached hydrogens (primary N) is 1. The monoisotopic (exact) mass is 223 g/mol. The van der Waals surface area contributed by atoms with Crippen molar-refractivity contribution in [2.45, 2.75) is 32.4 Å². The second kappa shape index (κ2) is 6.45. The summed E-state index contributed by atoms with van der Waals surface area (Å²) >= 11 is 0. The largest absolute Gasteiger partial charge is 0.481 e. The number of methoxy groups -OCH3 is 1. The molecule has 0 saturated heterocycles. The molecule has 2 unspecified atom stereocenters. The number of nitrogens with one attached hydrogen (secondary N) is 1. The minimum absolute atomic E-state index is 0.196. The van der Waals surface area contributed by atoms with Crippen LogP contribution in [0.3, 0.4) is 0 Å². The van der Waals surface area contributed by atoms with E-state index in [1.165, 1.54) is 0 Å². The molecule has 4 heteroatoms. The maximum atomic E-state index is 5.86. The lowest BCUT2D eigenvalue weighted by Gasteiger charge is -2.18. The maximum absolute atomic E-state index is 5.86. The van der Waals surface area contributed by atoms with Gasteiger partial charge >= 0.3 is 0 Å². The highest BCUT2D eigenvalue weighted by Crippen LogP contribution is 2.21. The molecule has 0 saturated carbocycles. The molecule has 90 valence electrons. The van der Waals surface area contributed by atoms with Crippen molar-refractivity contribution in [1.29, 1.82) is 0 Å². The van der Waals surface area contributed by atoms with E-state index in [0.717, 1.165) is 18.5 Å². The van der Waals surface area contributed by atoms with E-state index in [0.29, 0.717) is 5.88 Å². The van der Waals surface area contributed by atoms with E-state index in [4.69, 9.17) is 10.5 Å². The van der Waals surface area contributed by atoms with Gasteiger partial charge in [0, 0.05) is 30.4 Å². The normalized spacial score (nSPS) is 14.5. The number of nitrogens with zero attached hydrogens (tertiary/aromatic N) is 1. The Hall–Kier alpha value is -1.13. The Balaban J connectivity index is 2.61. The van der Waals surface area contributed by atoms with Gasteiger partial charge in [0.2, 0.25) is 5.88 Å². The highest BCUT2D eigenvalue weighted by Gasteiger charge is 2.12. The minimum atomic E-state index is 0.196. The van der Waals surface area contributed by atoms with Gasteiger partial charge in [0.25, 0.3) is 0 Å². The van der Waals surface area contributed by atoms with Gasteiger partial charge < -0.3 is 15.8 Å². The number of rotatable bonds is 6. The number of aromatic nitrogens is 1. The molecule has 16 heavy (non-hydrogen) atoms. The van der Waals surface area contributed by atoms with Gasteiger partial charge in [-0.25, -0.2) is 4.98 Å². The fourth-order valence-corrected chi connectivity index (χ4v) is 1.49. The SMILES string of the molecule is CCC(N)CNC(C)c1cccnc1OC. The van der Waals surface area contributed by atoms with Crippen LogP contribution in [0.25, 0.3) is 0 Å². The van der Waals surface area contributed by atoms with Crippen LogP contribution in [0.2, 0.25) is 0 Å². The molecule has 0 aliphatic rings. The molecule has 1 rings (SSSR count). The van der Waals surface area contributed by atoms with Crippen molar-refractivity contribution >= 4 is 0 Å². The van der Waals surface area contributed by atoms with Crippen molar-refractivity contribution in [3.05, 3.63) is 23.9 Å². The lowest BCUT2D eigenvalue weighted by atomic mass is 10.1. The predicted molar refractivity (Wildman–Crippen MR) is 65.5 cm³/mol. The van der Waals surface area contributed by atoms with Gasteiger partial charge in [-0.05, 0) is 19.4 Å². The quantitative estimate of drug-likeness (QED) is 0.767. The number of ether oxygens (including phenoxy) is 1. The van der Waals surface area contributed by atoms with Crippen LogP contribution < -0.4 is 15.8 Å². The molecule has 3 N–H and O–H groups in total. The van der Waals surface area contributed by atoms with E-state index in [9.17, 15) is 0 Å². The Bertz CT molecular complexity index is 317.